The monoisotopic (exact) mass is 285 g/mol. The van der Waals surface area contributed by atoms with Crippen LogP contribution in [-0.2, 0) is 6.54 Å². The van der Waals surface area contributed by atoms with Gasteiger partial charge in [0.05, 0.1) is 0 Å². The van der Waals surface area contributed by atoms with Crippen molar-refractivity contribution in [2.75, 3.05) is 18.5 Å². The Balaban J connectivity index is 1.32. The Hall–Kier alpha value is -1.09. The molecule has 3 saturated carbocycles. The lowest BCUT2D eigenvalue weighted by molar-refractivity contribution is 0.337. The van der Waals surface area contributed by atoms with E-state index < -0.39 is 0 Å². The topological polar surface area (TPSA) is 28.2 Å². The van der Waals surface area contributed by atoms with E-state index in [0.717, 1.165) is 36.2 Å². The van der Waals surface area contributed by atoms with Crippen LogP contribution in [0.25, 0.3) is 0 Å². The van der Waals surface area contributed by atoms with Crippen LogP contribution in [-0.4, -0.2) is 24.6 Å². The van der Waals surface area contributed by atoms with Crippen LogP contribution in [0.1, 0.15) is 44.1 Å². The van der Waals surface area contributed by atoms with Crippen LogP contribution in [0.5, 0.6) is 0 Å². The summed E-state index contributed by atoms with van der Waals surface area (Å²) in [5.41, 5.74) is 1.30. The molecule has 2 bridgehead atoms. The van der Waals surface area contributed by atoms with Gasteiger partial charge >= 0.3 is 0 Å². The lowest BCUT2D eigenvalue weighted by Gasteiger charge is -2.28. The van der Waals surface area contributed by atoms with E-state index in [9.17, 15) is 0 Å². The number of nitrogens with one attached hydrogen (secondary N) is 1. The molecule has 1 N–H and O–H groups in total. The van der Waals surface area contributed by atoms with Crippen LogP contribution in [0.3, 0.4) is 0 Å². The molecule has 21 heavy (non-hydrogen) atoms. The van der Waals surface area contributed by atoms with Gasteiger partial charge in [0.1, 0.15) is 5.82 Å². The Morgan fingerprint density at radius 3 is 2.71 bits per heavy atom. The highest BCUT2D eigenvalue weighted by Gasteiger charge is 2.39. The summed E-state index contributed by atoms with van der Waals surface area (Å²) in [6, 6.07) is 5.19. The fourth-order valence-electron chi connectivity index (χ4n) is 4.34. The van der Waals surface area contributed by atoms with Gasteiger partial charge in [0, 0.05) is 32.4 Å². The predicted molar refractivity (Wildman–Crippen MR) is 86.3 cm³/mol. The number of hydrogen-bond acceptors (Lipinski definition) is 3. The summed E-state index contributed by atoms with van der Waals surface area (Å²) in [4.78, 5) is 7.03. The SMILES string of the molecule is CN(CC1CC2CCC1C2)c1ccc(CNC2CC2)cn1. The van der Waals surface area contributed by atoms with Crippen LogP contribution in [0.2, 0.25) is 0 Å². The average molecular weight is 285 g/mol. The Bertz CT molecular complexity index is 480. The summed E-state index contributed by atoms with van der Waals surface area (Å²) >= 11 is 0. The molecule has 0 aliphatic heterocycles. The number of fused-ring (bicyclic) bond motifs is 2. The molecule has 3 heteroatoms. The molecule has 3 atom stereocenters. The zero-order valence-corrected chi connectivity index (χ0v) is 13.1. The fraction of sp³-hybridized carbons (Fsp3) is 0.722. The van der Waals surface area contributed by atoms with E-state index in [1.165, 1.54) is 50.6 Å². The molecule has 0 aromatic carbocycles. The largest absolute Gasteiger partial charge is 0.359 e. The van der Waals surface area contributed by atoms with Crippen molar-refractivity contribution in [1.29, 1.82) is 0 Å². The summed E-state index contributed by atoms with van der Waals surface area (Å²) in [6.45, 7) is 2.15. The molecule has 3 aliphatic rings. The summed E-state index contributed by atoms with van der Waals surface area (Å²) in [6.07, 6.45) is 10.7. The molecule has 0 saturated heterocycles. The summed E-state index contributed by atoms with van der Waals surface area (Å²) in [5, 5.41) is 3.54. The fourth-order valence-corrected chi connectivity index (χ4v) is 4.34. The second-order valence-corrected chi connectivity index (χ2v) is 7.50. The molecule has 0 amide bonds. The van der Waals surface area contributed by atoms with Crippen molar-refractivity contribution in [3.05, 3.63) is 23.9 Å². The molecule has 1 aromatic heterocycles. The quantitative estimate of drug-likeness (QED) is 0.870. The lowest BCUT2D eigenvalue weighted by atomic mass is 9.88. The second-order valence-electron chi connectivity index (χ2n) is 7.50. The molecule has 1 aromatic rings. The standard InChI is InChI=1S/C18H27N3/c1-21(12-16-9-13-2-4-15(16)8-13)18-7-3-14(11-20-18)10-19-17-5-6-17/h3,7,11,13,15-17,19H,2,4-6,8-10,12H2,1H3. The maximum absolute atomic E-state index is 4.67. The summed E-state index contributed by atoms with van der Waals surface area (Å²) < 4.78 is 0. The normalized spacial score (nSPS) is 30.8. The van der Waals surface area contributed by atoms with E-state index in [1.54, 1.807) is 0 Å². The first-order chi connectivity index (χ1) is 10.3. The first kappa shape index (κ1) is 13.6. The van der Waals surface area contributed by atoms with Gasteiger partial charge in [0.25, 0.3) is 0 Å². The van der Waals surface area contributed by atoms with Crippen molar-refractivity contribution in [2.45, 2.75) is 51.1 Å². The number of rotatable bonds is 6. The maximum Gasteiger partial charge on any atom is 0.128 e. The van der Waals surface area contributed by atoms with Gasteiger partial charge in [-0.3, -0.25) is 0 Å². The molecular formula is C18H27N3. The molecule has 0 spiro atoms. The van der Waals surface area contributed by atoms with E-state index >= 15 is 0 Å². The molecule has 0 radical (unpaired) electrons. The molecule has 3 unspecified atom stereocenters. The van der Waals surface area contributed by atoms with Crippen LogP contribution in [0, 0.1) is 17.8 Å². The van der Waals surface area contributed by atoms with Crippen LogP contribution in [0.15, 0.2) is 18.3 Å². The molecule has 3 nitrogen and oxygen atoms in total. The number of hydrogen-bond donors (Lipinski definition) is 1. The van der Waals surface area contributed by atoms with Crippen molar-refractivity contribution in [3.63, 3.8) is 0 Å². The molecule has 3 fully saturated rings. The minimum absolute atomic E-state index is 0.769. The van der Waals surface area contributed by atoms with E-state index in [1.807, 2.05) is 6.20 Å². The van der Waals surface area contributed by atoms with Gasteiger partial charge in [-0.2, -0.15) is 0 Å². The van der Waals surface area contributed by atoms with Crippen molar-refractivity contribution >= 4 is 5.82 Å². The molecular weight excluding hydrogens is 258 g/mol. The third kappa shape index (κ3) is 3.08. The predicted octanol–water partition coefficient (Wildman–Crippen LogP) is 3.21. The Kier molecular flexibility index (Phi) is 3.62. The van der Waals surface area contributed by atoms with Gasteiger partial charge in [-0.15, -0.1) is 0 Å². The smallest absolute Gasteiger partial charge is 0.128 e. The van der Waals surface area contributed by atoms with Gasteiger partial charge in [-0.1, -0.05) is 12.5 Å². The molecule has 1 heterocycles. The van der Waals surface area contributed by atoms with Crippen molar-refractivity contribution < 1.29 is 0 Å². The summed E-state index contributed by atoms with van der Waals surface area (Å²) in [7, 11) is 2.20. The second kappa shape index (κ2) is 5.60. The highest BCUT2D eigenvalue weighted by atomic mass is 15.2. The number of aromatic nitrogens is 1. The molecule has 114 valence electrons. The molecule has 4 rings (SSSR count). The van der Waals surface area contributed by atoms with Crippen LogP contribution < -0.4 is 10.2 Å². The van der Waals surface area contributed by atoms with Gasteiger partial charge in [0.2, 0.25) is 0 Å². The third-order valence-corrected chi connectivity index (χ3v) is 5.77. The van der Waals surface area contributed by atoms with Crippen LogP contribution in [0.4, 0.5) is 5.82 Å². The van der Waals surface area contributed by atoms with Gasteiger partial charge in [-0.05, 0) is 61.5 Å². The first-order valence-corrected chi connectivity index (χ1v) is 8.67. The average Bonchev–Trinajstić information content (AvgIpc) is 3.11. The van der Waals surface area contributed by atoms with Gasteiger partial charge in [0.15, 0.2) is 0 Å². The van der Waals surface area contributed by atoms with Gasteiger partial charge < -0.3 is 10.2 Å². The third-order valence-electron chi connectivity index (χ3n) is 5.77. The van der Waals surface area contributed by atoms with E-state index in [2.05, 4.69) is 34.4 Å². The van der Waals surface area contributed by atoms with Gasteiger partial charge in [-0.25, -0.2) is 4.98 Å². The molecule has 3 aliphatic carbocycles. The number of pyridine rings is 1. The Labute approximate surface area is 128 Å². The Morgan fingerprint density at radius 2 is 2.10 bits per heavy atom. The highest BCUT2D eigenvalue weighted by Crippen LogP contribution is 2.48. The Morgan fingerprint density at radius 1 is 1.19 bits per heavy atom. The number of nitrogens with zero attached hydrogens (tertiary/aromatic N) is 2. The highest BCUT2D eigenvalue weighted by molar-refractivity contribution is 5.38. The van der Waals surface area contributed by atoms with Crippen molar-refractivity contribution in [1.82, 2.24) is 10.3 Å². The lowest BCUT2D eigenvalue weighted by Crippen LogP contribution is -2.29. The summed E-state index contributed by atoms with van der Waals surface area (Å²) in [5.74, 6) is 4.08. The first-order valence-electron chi connectivity index (χ1n) is 8.67. The van der Waals surface area contributed by atoms with Crippen molar-refractivity contribution in [3.8, 4) is 0 Å². The van der Waals surface area contributed by atoms with E-state index in [0.29, 0.717) is 0 Å². The van der Waals surface area contributed by atoms with Crippen molar-refractivity contribution in [2.24, 2.45) is 17.8 Å². The number of anilines is 1. The minimum Gasteiger partial charge on any atom is -0.359 e. The maximum atomic E-state index is 4.67. The zero-order valence-electron chi connectivity index (χ0n) is 13.1. The minimum atomic E-state index is 0.769. The van der Waals surface area contributed by atoms with E-state index in [4.69, 9.17) is 0 Å². The van der Waals surface area contributed by atoms with E-state index in [-0.39, 0.29) is 0 Å². The zero-order chi connectivity index (χ0) is 14.2. The van der Waals surface area contributed by atoms with Crippen LogP contribution >= 0.6 is 0 Å².